The molecule has 1 saturated heterocycles. The standard InChI is InChI=1S/C17H20N4O4S/c1-24-12-4-2-10(3-5-12)14-8-13(15(26-14)21-16(18)22)25-17(23)20-11-6-7-19-9-11/h2-5,8,11,19H,6-7,9H2,1H3,(H,20,23)(H3,18,21,22)/t11-/m0/s1. The minimum atomic E-state index is -0.724. The Morgan fingerprint density at radius 2 is 2.08 bits per heavy atom. The molecule has 5 N–H and O–H groups in total. The molecule has 1 aliphatic heterocycles. The van der Waals surface area contributed by atoms with Crippen LogP contribution in [0.1, 0.15) is 6.42 Å². The van der Waals surface area contributed by atoms with E-state index in [9.17, 15) is 9.59 Å². The first-order valence-corrected chi connectivity index (χ1v) is 8.90. The van der Waals surface area contributed by atoms with Crippen molar-refractivity contribution in [3.05, 3.63) is 30.3 Å². The second kappa shape index (κ2) is 8.07. The summed E-state index contributed by atoms with van der Waals surface area (Å²) in [6, 6.07) is 8.44. The number of thiophene rings is 1. The lowest BCUT2D eigenvalue weighted by Gasteiger charge is -2.11. The summed E-state index contributed by atoms with van der Waals surface area (Å²) in [5.74, 6) is 0.991. The molecule has 1 fully saturated rings. The lowest BCUT2D eigenvalue weighted by molar-refractivity contribution is 0.197. The Morgan fingerprint density at radius 3 is 2.69 bits per heavy atom. The predicted molar refractivity (Wildman–Crippen MR) is 99.9 cm³/mol. The van der Waals surface area contributed by atoms with Crippen LogP contribution in [0.25, 0.3) is 10.4 Å². The molecule has 3 rings (SSSR count). The third-order valence-electron chi connectivity index (χ3n) is 3.89. The fourth-order valence-corrected chi connectivity index (χ4v) is 3.61. The van der Waals surface area contributed by atoms with Gasteiger partial charge in [-0.2, -0.15) is 0 Å². The first-order chi connectivity index (χ1) is 12.5. The molecule has 1 aromatic heterocycles. The summed E-state index contributed by atoms with van der Waals surface area (Å²) in [5.41, 5.74) is 6.12. The maximum Gasteiger partial charge on any atom is 0.412 e. The number of nitrogens with two attached hydrogens (primary N) is 1. The molecule has 1 aliphatic rings. The number of benzene rings is 1. The van der Waals surface area contributed by atoms with Gasteiger partial charge in [0.2, 0.25) is 0 Å². The lowest BCUT2D eigenvalue weighted by Crippen LogP contribution is -2.38. The number of carbonyl (C=O) groups is 2. The first-order valence-electron chi connectivity index (χ1n) is 8.09. The van der Waals surface area contributed by atoms with Gasteiger partial charge in [-0.1, -0.05) is 0 Å². The number of hydrogen-bond acceptors (Lipinski definition) is 6. The minimum Gasteiger partial charge on any atom is -0.497 e. The van der Waals surface area contributed by atoms with Crippen LogP contribution in [0.2, 0.25) is 0 Å². The van der Waals surface area contributed by atoms with E-state index in [0.717, 1.165) is 29.2 Å². The number of rotatable bonds is 5. The zero-order valence-corrected chi connectivity index (χ0v) is 15.0. The summed E-state index contributed by atoms with van der Waals surface area (Å²) in [6.07, 6.45) is 0.285. The number of primary amides is 1. The quantitative estimate of drug-likeness (QED) is 0.640. The van der Waals surface area contributed by atoms with E-state index < -0.39 is 12.1 Å². The molecule has 138 valence electrons. The second-order valence-electron chi connectivity index (χ2n) is 5.75. The average Bonchev–Trinajstić information content (AvgIpc) is 3.25. The molecule has 1 aromatic carbocycles. The van der Waals surface area contributed by atoms with Crippen LogP contribution in [0.5, 0.6) is 11.5 Å². The van der Waals surface area contributed by atoms with Crippen LogP contribution in [0.4, 0.5) is 14.6 Å². The van der Waals surface area contributed by atoms with Gasteiger partial charge in [-0.3, -0.25) is 5.32 Å². The number of hydrogen-bond donors (Lipinski definition) is 4. The minimum absolute atomic E-state index is 0.0368. The van der Waals surface area contributed by atoms with Crippen molar-refractivity contribution in [1.82, 2.24) is 10.6 Å². The van der Waals surface area contributed by atoms with Crippen molar-refractivity contribution in [3.8, 4) is 21.9 Å². The van der Waals surface area contributed by atoms with Gasteiger partial charge in [0.15, 0.2) is 5.75 Å². The third-order valence-corrected chi connectivity index (χ3v) is 4.98. The van der Waals surface area contributed by atoms with Gasteiger partial charge in [0.1, 0.15) is 10.8 Å². The molecule has 26 heavy (non-hydrogen) atoms. The van der Waals surface area contributed by atoms with Crippen LogP contribution >= 0.6 is 11.3 Å². The highest BCUT2D eigenvalue weighted by atomic mass is 32.1. The number of anilines is 1. The van der Waals surface area contributed by atoms with Crippen LogP contribution in [0, 0.1) is 0 Å². The van der Waals surface area contributed by atoms with Crippen LogP contribution in [0.3, 0.4) is 0 Å². The summed E-state index contributed by atoms with van der Waals surface area (Å²) >= 11 is 1.27. The Morgan fingerprint density at radius 1 is 1.31 bits per heavy atom. The second-order valence-corrected chi connectivity index (χ2v) is 6.80. The number of methoxy groups -OCH3 is 1. The van der Waals surface area contributed by atoms with E-state index in [0.29, 0.717) is 11.5 Å². The molecule has 0 radical (unpaired) electrons. The van der Waals surface area contributed by atoms with E-state index in [1.165, 1.54) is 11.3 Å². The molecular weight excluding hydrogens is 356 g/mol. The summed E-state index contributed by atoms with van der Waals surface area (Å²) in [7, 11) is 1.60. The van der Waals surface area contributed by atoms with Gasteiger partial charge in [-0.15, -0.1) is 11.3 Å². The molecule has 9 heteroatoms. The van der Waals surface area contributed by atoms with Gasteiger partial charge < -0.3 is 25.8 Å². The van der Waals surface area contributed by atoms with Crippen LogP contribution in [-0.2, 0) is 0 Å². The van der Waals surface area contributed by atoms with Crippen LogP contribution < -0.4 is 31.2 Å². The number of urea groups is 1. The van der Waals surface area contributed by atoms with Crippen LogP contribution in [0.15, 0.2) is 30.3 Å². The topological polar surface area (TPSA) is 115 Å². The average molecular weight is 376 g/mol. The fourth-order valence-electron chi connectivity index (χ4n) is 2.62. The van der Waals surface area contributed by atoms with Crippen LogP contribution in [-0.4, -0.2) is 38.4 Å². The fraction of sp³-hybridized carbons (Fsp3) is 0.294. The van der Waals surface area contributed by atoms with E-state index >= 15 is 0 Å². The third kappa shape index (κ3) is 4.44. The van der Waals surface area contributed by atoms with E-state index in [2.05, 4.69) is 16.0 Å². The predicted octanol–water partition coefficient (Wildman–Crippen LogP) is 2.36. The number of amides is 3. The maximum atomic E-state index is 12.1. The molecule has 0 aliphatic carbocycles. The summed E-state index contributed by atoms with van der Waals surface area (Å²) < 4.78 is 10.5. The molecule has 0 unspecified atom stereocenters. The van der Waals surface area contributed by atoms with E-state index in [1.807, 2.05) is 24.3 Å². The first kappa shape index (κ1) is 18.0. The smallest absolute Gasteiger partial charge is 0.412 e. The summed E-state index contributed by atoms with van der Waals surface area (Å²) in [6.45, 7) is 1.57. The Labute approximate surface area is 154 Å². The Kier molecular flexibility index (Phi) is 5.59. The largest absolute Gasteiger partial charge is 0.497 e. The highest BCUT2D eigenvalue weighted by Crippen LogP contribution is 2.41. The van der Waals surface area contributed by atoms with Crippen molar-refractivity contribution in [2.45, 2.75) is 12.5 Å². The molecule has 0 bridgehead atoms. The molecule has 0 saturated carbocycles. The molecule has 3 amide bonds. The van der Waals surface area contributed by atoms with Gasteiger partial charge in [-0.25, -0.2) is 9.59 Å². The van der Waals surface area contributed by atoms with Crippen molar-refractivity contribution >= 4 is 28.5 Å². The SMILES string of the molecule is COc1ccc(-c2cc(OC(=O)N[C@H]3CCNC3)c(NC(N)=O)s2)cc1. The molecular formula is C17H20N4O4S. The number of carbonyl (C=O) groups excluding carboxylic acids is 2. The lowest BCUT2D eigenvalue weighted by atomic mass is 10.2. The summed E-state index contributed by atoms with van der Waals surface area (Å²) in [5, 5.41) is 8.83. The van der Waals surface area contributed by atoms with Crippen molar-refractivity contribution in [2.24, 2.45) is 5.73 Å². The van der Waals surface area contributed by atoms with E-state index in [4.69, 9.17) is 15.2 Å². The van der Waals surface area contributed by atoms with Crippen molar-refractivity contribution in [3.63, 3.8) is 0 Å². The van der Waals surface area contributed by atoms with Crippen molar-refractivity contribution < 1.29 is 19.1 Å². The highest BCUT2D eigenvalue weighted by molar-refractivity contribution is 7.20. The molecule has 1 atom stereocenters. The Bertz CT molecular complexity index is 785. The number of nitrogens with one attached hydrogen (secondary N) is 3. The van der Waals surface area contributed by atoms with E-state index in [1.54, 1.807) is 13.2 Å². The number of ether oxygens (including phenoxy) is 2. The molecule has 2 heterocycles. The van der Waals surface area contributed by atoms with Gasteiger partial charge in [-0.05, 0) is 42.8 Å². The highest BCUT2D eigenvalue weighted by Gasteiger charge is 2.20. The zero-order chi connectivity index (χ0) is 18.5. The summed E-state index contributed by atoms with van der Waals surface area (Å²) in [4.78, 5) is 24.2. The van der Waals surface area contributed by atoms with Crippen molar-refractivity contribution in [1.29, 1.82) is 0 Å². The molecule has 8 nitrogen and oxygen atoms in total. The normalized spacial score (nSPS) is 16.1. The van der Waals surface area contributed by atoms with E-state index in [-0.39, 0.29) is 11.8 Å². The molecule has 0 spiro atoms. The Hall–Kier alpha value is -2.78. The van der Waals surface area contributed by atoms with Crippen molar-refractivity contribution in [2.75, 3.05) is 25.5 Å². The van der Waals surface area contributed by atoms with Gasteiger partial charge >= 0.3 is 12.1 Å². The van der Waals surface area contributed by atoms with Gasteiger partial charge in [0.05, 0.1) is 7.11 Å². The Balaban J connectivity index is 1.78. The van der Waals surface area contributed by atoms with Gasteiger partial charge in [0.25, 0.3) is 0 Å². The maximum absolute atomic E-state index is 12.1. The monoisotopic (exact) mass is 376 g/mol. The molecule has 2 aromatic rings. The zero-order valence-electron chi connectivity index (χ0n) is 14.2. The van der Waals surface area contributed by atoms with Gasteiger partial charge in [0, 0.05) is 23.5 Å².